The smallest absolute Gasteiger partial charge is 0.0584 e. The first kappa shape index (κ1) is 13.4. The van der Waals surface area contributed by atoms with Gasteiger partial charge < -0.3 is 10.0 Å². The Bertz CT molecular complexity index is 329. The third-order valence-corrected chi connectivity index (χ3v) is 4.00. The predicted molar refractivity (Wildman–Crippen MR) is 66.9 cm³/mol. The summed E-state index contributed by atoms with van der Waals surface area (Å²) in [5, 5.41) is 8.97. The molecular formula is C12H19NO2S. The molecule has 2 unspecified atom stereocenters. The molecule has 3 nitrogen and oxygen atoms in total. The summed E-state index contributed by atoms with van der Waals surface area (Å²) >= 11 is 0. The molecule has 4 heteroatoms. The Morgan fingerprint density at radius 1 is 1.38 bits per heavy atom. The summed E-state index contributed by atoms with van der Waals surface area (Å²) in [5.74, 6) is 0.602. The van der Waals surface area contributed by atoms with Crippen molar-refractivity contribution in [1.29, 1.82) is 0 Å². The molecular weight excluding hydrogens is 222 g/mol. The van der Waals surface area contributed by atoms with Crippen LogP contribution in [0.2, 0.25) is 0 Å². The van der Waals surface area contributed by atoms with Crippen molar-refractivity contribution in [3.8, 4) is 0 Å². The van der Waals surface area contributed by atoms with Crippen molar-refractivity contribution in [2.75, 3.05) is 26.0 Å². The van der Waals surface area contributed by atoms with E-state index in [0.717, 1.165) is 11.4 Å². The zero-order valence-corrected chi connectivity index (χ0v) is 10.6. The molecule has 1 N–H and O–H groups in total. The van der Waals surface area contributed by atoms with Crippen molar-refractivity contribution >= 4 is 10.8 Å². The van der Waals surface area contributed by atoms with Gasteiger partial charge in [-0.3, -0.25) is 4.21 Å². The number of nitrogens with zero attached hydrogens (tertiary/aromatic N) is 1. The van der Waals surface area contributed by atoms with Crippen molar-refractivity contribution in [2.45, 2.75) is 17.9 Å². The van der Waals surface area contributed by atoms with Crippen LogP contribution in [0.3, 0.4) is 0 Å². The van der Waals surface area contributed by atoms with Crippen molar-refractivity contribution in [3.63, 3.8) is 0 Å². The number of aliphatic hydroxyl groups is 1. The molecule has 0 aliphatic carbocycles. The molecule has 0 aromatic heterocycles. The Kier molecular flexibility index (Phi) is 5.66. The average molecular weight is 241 g/mol. The van der Waals surface area contributed by atoms with Gasteiger partial charge in [0.25, 0.3) is 0 Å². The lowest BCUT2D eigenvalue weighted by Gasteiger charge is -2.22. The predicted octanol–water partition coefficient (Wildman–Crippen LogP) is 1.11. The van der Waals surface area contributed by atoms with E-state index in [4.69, 9.17) is 5.11 Å². The van der Waals surface area contributed by atoms with E-state index in [-0.39, 0.29) is 12.6 Å². The van der Waals surface area contributed by atoms with E-state index >= 15 is 0 Å². The molecule has 16 heavy (non-hydrogen) atoms. The Morgan fingerprint density at radius 3 is 2.56 bits per heavy atom. The standard InChI is InChI=1S/C12H19NO2S/c1-11(10-14)13(2)8-9-16(15)12-6-4-3-5-7-12/h3-7,11,14H,8-10H2,1-2H3. The van der Waals surface area contributed by atoms with Crippen molar-refractivity contribution < 1.29 is 9.32 Å². The normalized spacial score (nSPS) is 15.0. The number of aliphatic hydroxyl groups excluding tert-OH is 1. The highest BCUT2D eigenvalue weighted by Crippen LogP contribution is 2.06. The number of hydrogen-bond donors (Lipinski definition) is 1. The van der Waals surface area contributed by atoms with Gasteiger partial charge in [-0.1, -0.05) is 18.2 Å². The average Bonchev–Trinajstić information content (AvgIpc) is 2.35. The molecule has 0 aliphatic rings. The van der Waals surface area contributed by atoms with E-state index in [1.54, 1.807) is 0 Å². The molecule has 0 heterocycles. The lowest BCUT2D eigenvalue weighted by atomic mass is 10.3. The van der Waals surface area contributed by atoms with E-state index in [2.05, 4.69) is 0 Å². The Hall–Kier alpha value is -0.710. The van der Waals surface area contributed by atoms with Gasteiger partial charge in [0, 0.05) is 23.2 Å². The summed E-state index contributed by atoms with van der Waals surface area (Å²) in [6, 6.07) is 9.59. The Morgan fingerprint density at radius 2 is 2.00 bits per heavy atom. The van der Waals surface area contributed by atoms with Gasteiger partial charge in [-0.2, -0.15) is 0 Å². The van der Waals surface area contributed by atoms with Crippen molar-refractivity contribution in [3.05, 3.63) is 30.3 Å². The van der Waals surface area contributed by atoms with Crippen LogP contribution in [0.1, 0.15) is 6.92 Å². The molecule has 0 amide bonds. The number of hydrogen-bond acceptors (Lipinski definition) is 3. The van der Waals surface area contributed by atoms with Crippen LogP contribution in [0, 0.1) is 0 Å². The summed E-state index contributed by atoms with van der Waals surface area (Å²) in [7, 11) is 0.988. The summed E-state index contributed by atoms with van der Waals surface area (Å²) in [4.78, 5) is 2.88. The minimum Gasteiger partial charge on any atom is -0.395 e. The summed E-state index contributed by atoms with van der Waals surface area (Å²) in [5.41, 5.74) is 0. The maximum atomic E-state index is 11.9. The van der Waals surface area contributed by atoms with Crippen LogP contribution in [0.25, 0.3) is 0 Å². The number of rotatable bonds is 6. The van der Waals surface area contributed by atoms with Gasteiger partial charge >= 0.3 is 0 Å². The molecule has 0 aliphatic heterocycles. The highest BCUT2D eigenvalue weighted by molar-refractivity contribution is 7.85. The second-order valence-electron chi connectivity index (χ2n) is 3.87. The van der Waals surface area contributed by atoms with Crippen LogP contribution in [0.15, 0.2) is 35.2 Å². The molecule has 0 saturated carbocycles. The molecule has 1 aromatic rings. The van der Waals surface area contributed by atoms with Crippen LogP contribution in [-0.4, -0.2) is 46.2 Å². The molecule has 0 saturated heterocycles. The Balaban J connectivity index is 2.42. The van der Waals surface area contributed by atoms with E-state index in [1.165, 1.54) is 0 Å². The van der Waals surface area contributed by atoms with Crippen molar-refractivity contribution in [1.82, 2.24) is 4.90 Å². The minimum absolute atomic E-state index is 0.118. The highest BCUT2D eigenvalue weighted by Gasteiger charge is 2.09. The largest absolute Gasteiger partial charge is 0.395 e. The lowest BCUT2D eigenvalue weighted by Crippen LogP contribution is -2.34. The Labute approximate surface area is 99.5 Å². The summed E-state index contributed by atoms with van der Waals surface area (Å²) < 4.78 is 11.9. The van der Waals surface area contributed by atoms with Gasteiger partial charge in [0.05, 0.1) is 17.4 Å². The first-order chi connectivity index (χ1) is 7.65. The van der Waals surface area contributed by atoms with Crippen LogP contribution in [0.5, 0.6) is 0 Å². The van der Waals surface area contributed by atoms with Gasteiger partial charge in [0.1, 0.15) is 0 Å². The van der Waals surface area contributed by atoms with Crippen LogP contribution in [-0.2, 0) is 10.8 Å². The highest BCUT2D eigenvalue weighted by atomic mass is 32.2. The SMILES string of the molecule is CC(CO)N(C)CCS(=O)c1ccccc1. The monoisotopic (exact) mass is 241 g/mol. The van der Waals surface area contributed by atoms with E-state index in [0.29, 0.717) is 5.75 Å². The molecule has 1 rings (SSSR count). The van der Waals surface area contributed by atoms with Crippen LogP contribution in [0.4, 0.5) is 0 Å². The van der Waals surface area contributed by atoms with E-state index in [9.17, 15) is 4.21 Å². The molecule has 1 aromatic carbocycles. The van der Waals surface area contributed by atoms with Gasteiger partial charge in [-0.15, -0.1) is 0 Å². The topological polar surface area (TPSA) is 40.5 Å². The lowest BCUT2D eigenvalue weighted by molar-refractivity contribution is 0.165. The number of benzene rings is 1. The van der Waals surface area contributed by atoms with E-state index in [1.807, 2.05) is 49.2 Å². The molecule has 2 atom stereocenters. The second kappa shape index (κ2) is 6.78. The number of likely N-dealkylation sites (N-methyl/N-ethyl adjacent to an activating group) is 1. The molecule has 0 radical (unpaired) electrons. The third-order valence-electron chi connectivity index (χ3n) is 2.65. The van der Waals surface area contributed by atoms with E-state index < -0.39 is 10.8 Å². The maximum absolute atomic E-state index is 11.9. The molecule has 0 fully saturated rings. The maximum Gasteiger partial charge on any atom is 0.0584 e. The van der Waals surface area contributed by atoms with Crippen LogP contribution < -0.4 is 0 Å². The van der Waals surface area contributed by atoms with Gasteiger partial charge in [-0.05, 0) is 26.1 Å². The summed E-state index contributed by atoms with van der Waals surface area (Å²) in [6.45, 7) is 2.81. The fraction of sp³-hybridized carbons (Fsp3) is 0.500. The molecule has 90 valence electrons. The fourth-order valence-corrected chi connectivity index (χ4v) is 2.43. The zero-order chi connectivity index (χ0) is 12.0. The molecule has 0 bridgehead atoms. The summed E-state index contributed by atoms with van der Waals surface area (Å²) in [6.07, 6.45) is 0. The molecule has 0 spiro atoms. The third kappa shape index (κ3) is 4.04. The second-order valence-corrected chi connectivity index (χ2v) is 5.45. The van der Waals surface area contributed by atoms with Gasteiger partial charge in [-0.25, -0.2) is 0 Å². The zero-order valence-electron chi connectivity index (χ0n) is 9.80. The quantitative estimate of drug-likeness (QED) is 0.811. The minimum atomic E-state index is -0.946. The fourth-order valence-electron chi connectivity index (χ4n) is 1.28. The van der Waals surface area contributed by atoms with Gasteiger partial charge in [0.2, 0.25) is 0 Å². The van der Waals surface area contributed by atoms with Gasteiger partial charge in [0.15, 0.2) is 0 Å². The first-order valence-corrected chi connectivity index (χ1v) is 6.71. The van der Waals surface area contributed by atoms with Crippen LogP contribution >= 0.6 is 0 Å². The first-order valence-electron chi connectivity index (χ1n) is 5.39. The van der Waals surface area contributed by atoms with Crippen molar-refractivity contribution in [2.24, 2.45) is 0 Å².